The summed E-state index contributed by atoms with van der Waals surface area (Å²) in [6, 6.07) is 21.7. The average Bonchev–Trinajstić information content (AvgIpc) is 3.08. The fraction of sp³-hybridized carbons (Fsp3) is 0.200. The van der Waals surface area contributed by atoms with Gasteiger partial charge in [0.05, 0.1) is 30.4 Å². The van der Waals surface area contributed by atoms with Crippen LogP contribution in [0, 0.1) is 0 Å². The maximum atomic E-state index is 13.2. The second kappa shape index (κ2) is 9.81. The molecule has 4 rings (SSSR count). The molecule has 0 spiro atoms. The quantitative estimate of drug-likeness (QED) is 0.463. The first-order chi connectivity index (χ1) is 15.2. The van der Waals surface area contributed by atoms with Crippen LogP contribution in [0.5, 0.6) is 5.75 Å². The molecule has 1 aliphatic rings. The standard InChI is InChI=1S/C25H24N2O3S/c1-3-30-22-14-13-18(20-11-7-8-12-21(20)22)17-23-24(28)27(15-16-29-2)25(31-23)26-19-9-5-4-6-10-19/h4-14,17H,3,15-16H2,1-2H3. The van der Waals surface area contributed by atoms with E-state index in [-0.39, 0.29) is 5.91 Å². The Balaban J connectivity index is 1.73. The summed E-state index contributed by atoms with van der Waals surface area (Å²) in [5, 5.41) is 2.74. The third kappa shape index (κ3) is 4.65. The van der Waals surface area contributed by atoms with Crippen molar-refractivity contribution in [1.29, 1.82) is 0 Å². The van der Waals surface area contributed by atoms with E-state index < -0.39 is 0 Å². The summed E-state index contributed by atoms with van der Waals surface area (Å²) in [5.74, 6) is 0.786. The lowest BCUT2D eigenvalue weighted by Crippen LogP contribution is -2.32. The number of nitrogens with zero attached hydrogens (tertiary/aromatic N) is 2. The summed E-state index contributed by atoms with van der Waals surface area (Å²) in [4.78, 5) is 20.2. The SMILES string of the molecule is CCOc1ccc(C=C2SC(=Nc3ccccc3)N(CCOC)C2=O)c2ccccc12. The van der Waals surface area contributed by atoms with Crippen molar-refractivity contribution < 1.29 is 14.3 Å². The highest BCUT2D eigenvalue weighted by Gasteiger charge is 2.33. The number of benzene rings is 3. The van der Waals surface area contributed by atoms with Crippen molar-refractivity contribution in [1.82, 2.24) is 4.90 Å². The monoisotopic (exact) mass is 432 g/mol. The third-order valence-electron chi connectivity index (χ3n) is 4.89. The molecule has 0 saturated carbocycles. The Morgan fingerprint density at radius 2 is 1.74 bits per heavy atom. The number of amidine groups is 1. The number of carbonyl (C=O) groups is 1. The number of hydrogen-bond donors (Lipinski definition) is 0. The van der Waals surface area contributed by atoms with Gasteiger partial charge in [-0.2, -0.15) is 0 Å². The van der Waals surface area contributed by atoms with E-state index in [1.807, 2.05) is 73.7 Å². The van der Waals surface area contributed by atoms with Crippen molar-refractivity contribution in [2.24, 2.45) is 4.99 Å². The zero-order chi connectivity index (χ0) is 21.6. The highest BCUT2D eigenvalue weighted by atomic mass is 32.2. The smallest absolute Gasteiger partial charge is 0.266 e. The molecule has 3 aromatic carbocycles. The lowest BCUT2D eigenvalue weighted by Gasteiger charge is -2.14. The average molecular weight is 433 g/mol. The first kappa shape index (κ1) is 21.2. The Morgan fingerprint density at radius 1 is 1.00 bits per heavy atom. The van der Waals surface area contributed by atoms with E-state index >= 15 is 0 Å². The highest BCUT2D eigenvalue weighted by molar-refractivity contribution is 8.18. The van der Waals surface area contributed by atoms with E-state index in [0.717, 1.165) is 27.8 Å². The number of rotatable bonds is 7. The van der Waals surface area contributed by atoms with Gasteiger partial charge in [-0.25, -0.2) is 4.99 Å². The van der Waals surface area contributed by atoms with Gasteiger partial charge in [0.25, 0.3) is 5.91 Å². The number of thioether (sulfide) groups is 1. The van der Waals surface area contributed by atoms with Crippen molar-refractivity contribution in [2.75, 3.05) is 26.9 Å². The molecule has 6 heteroatoms. The first-order valence-corrected chi connectivity index (χ1v) is 11.0. The summed E-state index contributed by atoms with van der Waals surface area (Å²) >= 11 is 1.39. The second-order valence-corrected chi connectivity index (χ2v) is 7.93. The van der Waals surface area contributed by atoms with Crippen LogP contribution < -0.4 is 4.74 Å². The van der Waals surface area contributed by atoms with Crippen LogP contribution in [0.1, 0.15) is 12.5 Å². The van der Waals surface area contributed by atoms with E-state index in [0.29, 0.717) is 29.8 Å². The van der Waals surface area contributed by atoms with E-state index in [1.54, 1.807) is 12.0 Å². The van der Waals surface area contributed by atoms with Gasteiger partial charge in [-0.15, -0.1) is 0 Å². The lowest BCUT2D eigenvalue weighted by atomic mass is 10.0. The topological polar surface area (TPSA) is 51.1 Å². The van der Waals surface area contributed by atoms with Crippen LogP contribution in [0.4, 0.5) is 5.69 Å². The van der Waals surface area contributed by atoms with E-state index in [2.05, 4.69) is 6.07 Å². The van der Waals surface area contributed by atoms with Crippen molar-refractivity contribution in [3.8, 4) is 5.75 Å². The van der Waals surface area contributed by atoms with Gasteiger partial charge in [-0.3, -0.25) is 9.69 Å². The molecule has 31 heavy (non-hydrogen) atoms. The van der Waals surface area contributed by atoms with Gasteiger partial charge in [-0.05, 0) is 53.9 Å². The van der Waals surface area contributed by atoms with Gasteiger partial charge >= 0.3 is 0 Å². The summed E-state index contributed by atoms with van der Waals surface area (Å²) in [5.41, 5.74) is 1.79. The fourth-order valence-corrected chi connectivity index (χ4v) is 4.44. The van der Waals surface area contributed by atoms with Gasteiger partial charge in [0, 0.05) is 12.5 Å². The predicted molar refractivity (Wildman–Crippen MR) is 128 cm³/mol. The highest BCUT2D eigenvalue weighted by Crippen LogP contribution is 2.36. The third-order valence-corrected chi connectivity index (χ3v) is 5.90. The van der Waals surface area contributed by atoms with Crippen LogP contribution in [-0.4, -0.2) is 42.8 Å². The molecule has 1 aliphatic heterocycles. The summed E-state index contributed by atoms with van der Waals surface area (Å²) in [7, 11) is 1.63. The number of fused-ring (bicyclic) bond motifs is 1. The maximum absolute atomic E-state index is 13.2. The molecule has 3 aromatic rings. The number of ether oxygens (including phenoxy) is 2. The molecule has 0 N–H and O–H groups in total. The van der Waals surface area contributed by atoms with Gasteiger partial charge in [0.2, 0.25) is 0 Å². The summed E-state index contributed by atoms with van der Waals surface area (Å²) < 4.78 is 11.0. The molecule has 0 atom stereocenters. The largest absolute Gasteiger partial charge is 0.493 e. The predicted octanol–water partition coefficient (Wildman–Crippen LogP) is 5.49. The Bertz CT molecular complexity index is 1140. The van der Waals surface area contributed by atoms with E-state index in [1.165, 1.54) is 11.8 Å². The minimum absolute atomic E-state index is 0.0605. The zero-order valence-corrected chi connectivity index (χ0v) is 18.4. The molecule has 0 unspecified atom stereocenters. The van der Waals surface area contributed by atoms with E-state index in [9.17, 15) is 4.79 Å². The number of aliphatic imine (C=N–C) groups is 1. The molecule has 1 amide bonds. The van der Waals surface area contributed by atoms with Crippen LogP contribution in [0.15, 0.2) is 76.6 Å². The Hall–Kier alpha value is -3.09. The van der Waals surface area contributed by atoms with Gasteiger partial charge in [0.1, 0.15) is 5.75 Å². The molecule has 0 aliphatic carbocycles. The Kier molecular flexibility index (Phi) is 6.70. The van der Waals surface area contributed by atoms with Crippen molar-refractivity contribution >= 4 is 45.4 Å². The lowest BCUT2D eigenvalue weighted by molar-refractivity contribution is -0.122. The van der Waals surface area contributed by atoms with Gasteiger partial charge in [0.15, 0.2) is 5.17 Å². The van der Waals surface area contributed by atoms with Crippen LogP contribution in [0.2, 0.25) is 0 Å². The zero-order valence-electron chi connectivity index (χ0n) is 17.6. The fourth-order valence-electron chi connectivity index (χ4n) is 3.43. The molecule has 0 radical (unpaired) electrons. The molecular formula is C25H24N2O3S. The molecule has 1 saturated heterocycles. The second-order valence-electron chi connectivity index (χ2n) is 6.92. The van der Waals surface area contributed by atoms with Gasteiger partial charge in [-0.1, -0.05) is 48.5 Å². The minimum Gasteiger partial charge on any atom is -0.493 e. The number of carbonyl (C=O) groups excluding carboxylic acids is 1. The summed E-state index contributed by atoms with van der Waals surface area (Å²) in [6.45, 7) is 3.47. The van der Waals surface area contributed by atoms with Crippen molar-refractivity contribution in [3.05, 3.63) is 77.2 Å². The first-order valence-electron chi connectivity index (χ1n) is 10.2. The summed E-state index contributed by atoms with van der Waals surface area (Å²) in [6.07, 6.45) is 1.94. The Morgan fingerprint density at radius 3 is 2.48 bits per heavy atom. The van der Waals surface area contributed by atoms with Crippen molar-refractivity contribution in [2.45, 2.75) is 6.92 Å². The maximum Gasteiger partial charge on any atom is 0.266 e. The normalized spacial score (nSPS) is 16.6. The van der Waals surface area contributed by atoms with E-state index in [4.69, 9.17) is 14.5 Å². The number of hydrogen-bond acceptors (Lipinski definition) is 5. The molecule has 0 aromatic heterocycles. The number of methoxy groups -OCH3 is 1. The molecule has 0 bridgehead atoms. The van der Waals surface area contributed by atoms with Crippen molar-refractivity contribution in [3.63, 3.8) is 0 Å². The van der Waals surface area contributed by atoms with Gasteiger partial charge < -0.3 is 9.47 Å². The Labute approximate surface area is 186 Å². The van der Waals surface area contributed by atoms with Crippen LogP contribution in [0.3, 0.4) is 0 Å². The molecule has 1 fully saturated rings. The molecule has 158 valence electrons. The molecule has 5 nitrogen and oxygen atoms in total. The van der Waals surface area contributed by atoms with Crippen LogP contribution >= 0.6 is 11.8 Å². The number of para-hydroxylation sites is 1. The number of amides is 1. The molecule has 1 heterocycles. The minimum atomic E-state index is -0.0605. The van der Waals surface area contributed by atoms with Crippen LogP contribution in [0.25, 0.3) is 16.8 Å². The molecular weight excluding hydrogens is 408 g/mol. The van der Waals surface area contributed by atoms with Crippen LogP contribution in [-0.2, 0) is 9.53 Å².